The maximum absolute atomic E-state index is 6.00. The molecule has 1 aliphatic heterocycles. The molecular formula is C16H26N2O. The standard InChI is InChI=1S/C16H26N2O/c1-12(17)14-7-9-18(10-8-14)13(2)15-5-4-6-16(11-15)19-3/h4-6,11-14H,7-10,17H2,1-3H3. The van der Waals surface area contributed by atoms with Gasteiger partial charge in [0.25, 0.3) is 0 Å². The van der Waals surface area contributed by atoms with Crippen molar-refractivity contribution in [3.63, 3.8) is 0 Å². The summed E-state index contributed by atoms with van der Waals surface area (Å²) in [6.07, 6.45) is 2.43. The lowest BCUT2D eigenvalue weighted by Gasteiger charge is -2.37. The van der Waals surface area contributed by atoms with Crippen LogP contribution in [0.25, 0.3) is 0 Å². The quantitative estimate of drug-likeness (QED) is 0.907. The molecule has 19 heavy (non-hydrogen) atoms. The fraction of sp³-hybridized carbons (Fsp3) is 0.625. The second kappa shape index (κ2) is 6.40. The van der Waals surface area contributed by atoms with Gasteiger partial charge in [-0.2, -0.15) is 0 Å². The molecule has 0 spiro atoms. The van der Waals surface area contributed by atoms with Gasteiger partial charge >= 0.3 is 0 Å². The zero-order chi connectivity index (χ0) is 13.8. The summed E-state index contributed by atoms with van der Waals surface area (Å²) >= 11 is 0. The van der Waals surface area contributed by atoms with Crippen molar-refractivity contribution >= 4 is 0 Å². The lowest BCUT2D eigenvalue weighted by atomic mass is 9.90. The van der Waals surface area contributed by atoms with Gasteiger partial charge in [-0.1, -0.05) is 12.1 Å². The second-order valence-corrected chi connectivity index (χ2v) is 5.69. The van der Waals surface area contributed by atoms with Gasteiger partial charge in [-0.15, -0.1) is 0 Å². The number of benzene rings is 1. The SMILES string of the molecule is COc1cccc(C(C)N2CCC(C(C)N)CC2)c1. The third kappa shape index (κ3) is 3.48. The van der Waals surface area contributed by atoms with E-state index in [2.05, 4.69) is 36.9 Å². The van der Waals surface area contributed by atoms with Crippen LogP contribution in [0.3, 0.4) is 0 Å². The molecule has 0 radical (unpaired) electrons. The molecular weight excluding hydrogens is 236 g/mol. The van der Waals surface area contributed by atoms with E-state index >= 15 is 0 Å². The van der Waals surface area contributed by atoms with Gasteiger partial charge in [0.05, 0.1) is 7.11 Å². The lowest BCUT2D eigenvalue weighted by Crippen LogP contribution is -2.40. The van der Waals surface area contributed by atoms with Crippen LogP contribution in [0.1, 0.15) is 38.3 Å². The summed E-state index contributed by atoms with van der Waals surface area (Å²) in [5.74, 6) is 1.63. The molecule has 2 unspecified atom stereocenters. The first-order valence-corrected chi connectivity index (χ1v) is 7.25. The van der Waals surface area contributed by atoms with Crippen LogP contribution in [0.15, 0.2) is 24.3 Å². The van der Waals surface area contributed by atoms with Gasteiger partial charge in [-0.25, -0.2) is 0 Å². The molecule has 3 heteroatoms. The first-order valence-electron chi connectivity index (χ1n) is 7.25. The number of methoxy groups -OCH3 is 1. The molecule has 2 rings (SSSR count). The third-order valence-corrected chi connectivity index (χ3v) is 4.44. The average Bonchev–Trinajstić information content (AvgIpc) is 2.46. The Morgan fingerprint density at radius 3 is 2.53 bits per heavy atom. The molecule has 0 saturated carbocycles. The van der Waals surface area contributed by atoms with Crippen molar-refractivity contribution in [2.24, 2.45) is 11.7 Å². The molecule has 0 bridgehead atoms. The number of ether oxygens (including phenoxy) is 1. The van der Waals surface area contributed by atoms with E-state index in [1.165, 1.54) is 18.4 Å². The summed E-state index contributed by atoms with van der Waals surface area (Å²) in [6, 6.07) is 9.17. The maximum atomic E-state index is 6.00. The fourth-order valence-electron chi connectivity index (χ4n) is 2.94. The number of rotatable bonds is 4. The minimum absolute atomic E-state index is 0.328. The molecule has 1 aromatic rings. The highest BCUT2D eigenvalue weighted by Crippen LogP contribution is 2.29. The molecule has 1 aromatic carbocycles. The molecule has 1 saturated heterocycles. The number of likely N-dealkylation sites (tertiary alicyclic amines) is 1. The molecule has 1 fully saturated rings. The van der Waals surface area contributed by atoms with Crippen molar-refractivity contribution in [2.45, 2.75) is 38.8 Å². The molecule has 2 atom stereocenters. The molecule has 0 aromatic heterocycles. The number of nitrogens with two attached hydrogens (primary N) is 1. The van der Waals surface area contributed by atoms with E-state index in [4.69, 9.17) is 10.5 Å². The normalized spacial score (nSPS) is 21.1. The minimum Gasteiger partial charge on any atom is -0.497 e. The predicted molar refractivity (Wildman–Crippen MR) is 79.4 cm³/mol. The van der Waals surface area contributed by atoms with E-state index in [1.807, 2.05) is 6.07 Å². The maximum Gasteiger partial charge on any atom is 0.119 e. The van der Waals surface area contributed by atoms with Gasteiger partial charge in [-0.05, 0) is 63.4 Å². The Labute approximate surface area is 116 Å². The Hall–Kier alpha value is -1.06. The number of hydrogen-bond donors (Lipinski definition) is 1. The van der Waals surface area contributed by atoms with E-state index in [0.717, 1.165) is 18.8 Å². The van der Waals surface area contributed by atoms with E-state index in [0.29, 0.717) is 18.0 Å². The molecule has 3 nitrogen and oxygen atoms in total. The van der Waals surface area contributed by atoms with Gasteiger partial charge in [0, 0.05) is 12.1 Å². The Morgan fingerprint density at radius 2 is 1.95 bits per heavy atom. The summed E-state index contributed by atoms with van der Waals surface area (Å²) in [7, 11) is 1.72. The molecule has 106 valence electrons. The Balaban J connectivity index is 1.98. The Kier molecular flexibility index (Phi) is 4.83. The highest BCUT2D eigenvalue weighted by molar-refractivity contribution is 5.30. The zero-order valence-corrected chi connectivity index (χ0v) is 12.3. The van der Waals surface area contributed by atoms with Gasteiger partial charge in [-0.3, -0.25) is 4.90 Å². The average molecular weight is 262 g/mol. The van der Waals surface area contributed by atoms with E-state index in [9.17, 15) is 0 Å². The van der Waals surface area contributed by atoms with Crippen LogP contribution in [0.5, 0.6) is 5.75 Å². The summed E-state index contributed by atoms with van der Waals surface area (Å²) in [5, 5.41) is 0. The van der Waals surface area contributed by atoms with Crippen molar-refractivity contribution in [1.29, 1.82) is 0 Å². The van der Waals surface area contributed by atoms with Gasteiger partial charge in [0.1, 0.15) is 5.75 Å². The summed E-state index contributed by atoms with van der Waals surface area (Å²) in [5.41, 5.74) is 7.33. The van der Waals surface area contributed by atoms with E-state index in [-0.39, 0.29) is 0 Å². The molecule has 0 amide bonds. The van der Waals surface area contributed by atoms with Crippen molar-refractivity contribution in [3.05, 3.63) is 29.8 Å². The van der Waals surface area contributed by atoms with E-state index < -0.39 is 0 Å². The van der Waals surface area contributed by atoms with Crippen LogP contribution in [0.2, 0.25) is 0 Å². The molecule has 0 aliphatic carbocycles. The summed E-state index contributed by atoms with van der Waals surface area (Å²) < 4.78 is 5.31. The third-order valence-electron chi connectivity index (χ3n) is 4.44. The fourth-order valence-corrected chi connectivity index (χ4v) is 2.94. The number of hydrogen-bond acceptors (Lipinski definition) is 3. The highest BCUT2D eigenvalue weighted by Gasteiger charge is 2.25. The van der Waals surface area contributed by atoms with Gasteiger partial charge in [0.2, 0.25) is 0 Å². The van der Waals surface area contributed by atoms with Crippen LogP contribution in [-0.2, 0) is 0 Å². The molecule has 2 N–H and O–H groups in total. The minimum atomic E-state index is 0.328. The van der Waals surface area contributed by atoms with Crippen molar-refractivity contribution in [2.75, 3.05) is 20.2 Å². The summed E-state index contributed by atoms with van der Waals surface area (Å²) in [6.45, 7) is 6.70. The van der Waals surface area contributed by atoms with E-state index in [1.54, 1.807) is 7.11 Å². The lowest BCUT2D eigenvalue weighted by molar-refractivity contribution is 0.132. The molecule has 1 heterocycles. The van der Waals surface area contributed by atoms with Crippen LogP contribution >= 0.6 is 0 Å². The monoisotopic (exact) mass is 262 g/mol. The number of nitrogens with zero attached hydrogens (tertiary/aromatic N) is 1. The van der Waals surface area contributed by atoms with Crippen LogP contribution < -0.4 is 10.5 Å². The van der Waals surface area contributed by atoms with Crippen LogP contribution in [-0.4, -0.2) is 31.1 Å². The smallest absolute Gasteiger partial charge is 0.119 e. The summed E-state index contributed by atoms with van der Waals surface area (Å²) in [4.78, 5) is 2.55. The first kappa shape index (κ1) is 14.4. The highest BCUT2D eigenvalue weighted by atomic mass is 16.5. The van der Waals surface area contributed by atoms with Crippen LogP contribution in [0.4, 0.5) is 0 Å². The Morgan fingerprint density at radius 1 is 1.26 bits per heavy atom. The zero-order valence-electron chi connectivity index (χ0n) is 12.3. The number of piperidine rings is 1. The predicted octanol–water partition coefficient (Wildman–Crippen LogP) is 2.82. The molecule has 1 aliphatic rings. The van der Waals surface area contributed by atoms with Crippen molar-refractivity contribution in [1.82, 2.24) is 4.90 Å². The van der Waals surface area contributed by atoms with Crippen LogP contribution in [0, 0.1) is 5.92 Å². The second-order valence-electron chi connectivity index (χ2n) is 5.69. The van der Waals surface area contributed by atoms with Crippen molar-refractivity contribution in [3.8, 4) is 5.75 Å². The first-order chi connectivity index (χ1) is 9.11. The topological polar surface area (TPSA) is 38.5 Å². The van der Waals surface area contributed by atoms with Gasteiger partial charge in [0.15, 0.2) is 0 Å². The van der Waals surface area contributed by atoms with Gasteiger partial charge < -0.3 is 10.5 Å². The van der Waals surface area contributed by atoms with Crippen molar-refractivity contribution < 1.29 is 4.74 Å². The largest absolute Gasteiger partial charge is 0.497 e. The Bertz CT molecular complexity index is 397.